The summed E-state index contributed by atoms with van der Waals surface area (Å²) in [5, 5.41) is 0.552. The zero-order valence-corrected chi connectivity index (χ0v) is 8.60. The second-order valence-electron chi connectivity index (χ2n) is 3.88. The molecular weight excluding hydrogens is 201 g/mol. The Hall–Kier alpha value is -0.600. The van der Waals surface area contributed by atoms with E-state index in [4.69, 9.17) is 17.3 Å². The van der Waals surface area contributed by atoms with E-state index in [-0.39, 0.29) is 11.9 Å². The summed E-state index contributed by atoms with van der Waals surface area (Å²) in [6.07, 6.45) is 3.42. The van der Waals surface area contributed by atoms with Crippen LogP contribution in [0.5, 0.6) is 0 Å². The molecule has 0 amide bonds. The van der Waals surface area contributed by atoms with Crippen LogP contribution in [0.2, 0.25) is 5.02 Å². The molecule has 1 aliphatic carbocycles. The average Bonchev–Trinajstić information content (AvgIpc) is 2.06. The van der Waals surface area contributed by atoms with Crippen LogP contribution < -0.4 is 5.73 Å². The summed E-state index contributed by atoms with van der Waals surface area (Å²) in [5.41, 5.74) is 6.53. The Balaban J connectivity index is 2.24. The van der Waals surface area contributed by atoms with E-state index < -0.39 is 0 Å². The lowest BCUT2D eigenvalue weighted by Gasteiger charge is -2.31. The Bertz CT molecular complexity index is 336. The van der Waals surface area contributed by atoms with E-state index in [2.05, 4.69) is 0 Å². The van der Waals surface area contributed by atoms with Gasteiger partial charge in [0.2, 0.25) is 0 Å². The number of halogens is 2. The van der Waals surface area contributed by atoms with E-state index in [1.807, 2.05) is 0 Å². The molecule has 2 N–H and O–H groups in total. The summed E-state index contributed by atoms with van der Waals surface area (Å²) in [5.74, 6) is 0.191. The first kappa shape index (κ1) is 9.94. The summed E-state index contributed by atoms with van der Waals surface area (Å²) in [6.45, 7) is 0. The van der Waals surface area contributed by atoms with Gasteiger partial charge in [0.05, 0.1) is 0 Å². The first-order valence-corrected chi connectivity index (χ1v) is 5.27. The second kappa shape index (κ2) is 3.87. The number of hydrogen-bond acceptors (Lipinski definition) is 1. The fraction of sp³-hybridized carbons (Fsp3) is 0.455. The normalized spacial score (nSPS) is 19.1. The molecule has 0 bridgehead atoms. The van der Waals surface area contributed by atoms with Crippen molar-refractivity contribution in [1.82, 2.24) is 0 Å². The van der Waals surface area contributed by atoms with Gasteiger partial charge in [-0.1, -0.05) is 18.0 Å². The topological polar surface area (TPSA) is 26.0 Å². The van der Waals surface area contributed by atoms with E-state index in [0.717, 1.165) is 12.8 Å². The van der Waals surface area contributed by atoms with Crippen molar-refractivity contribution in [2.24, 2.45) is 11.7 Å². The highest BCUT2D eigenvalue weighted by Crippen LogP contribution is 2.37. The van der Waals surface area contributed by atoms with E-state index in [0.29, 0.717) is 16.5 Å². The van der Waals surface area contributed by atoms with Crippen LogP contribution in [0.3, 0.4) is 0 Å². The van der Waals surface area contributed by atoms with Gasteiger partial charge in [0.15, 0.2) is 0 Å². The van der Waals surface area contributed by atoms with Gasteiger partial charge in [-0.25, -0.2) is 4.39 Å². The molecule has 0 heterocycles. The lowest BCUT2D eigenvalue weighted by Crippen LogP contribution is -2.27. The van der Waals surface area contributed by atoms with Gasteiger partial charge in [0.1, 0.15) is 5.82 Å². The fourth-order valence-corrected chi connectivity index (χ4v) is 2.00. The predicted octanol–water partition coefficient (Wildman–Crippen LogP) is 3.28. The molecule has 1 atom stereocenters. The molecular formula is C11H13ClFN. The summed E-state index contributed by atoms with van der Waals surface area (Å²) in [7, 11) is 0. The minimum Gasteiger partial charge on any atom is -0.324 e. The van der Waals surface area contributed by atoms with Crippen molar-refractivity contribution < 1.29 is 4.39 Å². The van der Waals surface area contributed by atoms with Gasteiger partial charge in [0.25, 0.3) is 0 Å². The Morgan fingerprint density at radius 3 is 2.71 bits per heavy atom. The van der Waals surface area contributed by atoms with Crippen LogP contribution in [0.4, 0.5) is 4.39 Å². The molecule has 1 saturated carbocycles. The van der Waals surface area contributed by atoms with Crippen LogP contribution in [0.1, 0.15) is 30.9 Å². The van der Waals surface area contributed by atoms with Crippen molar-refractivity contribution in [2.75, 3.05) is 0 Å². The Labute approximate surface area is 88.1 Å². The summed E-state index contributed by atoms with van der Waals surface area (Å²) >= 11 is 5.80. The third-order valence-corrected chi connectivity index (χ3v) is 3.21. The minimum absolute atomic E-state index is 0.192. The maximum Gasteiger partial charge on any atom is 0.128 e. The van der Waals surface area contributed by atoms with Gasteiger partial charge in [-0.05, 0) is 37.0 Å². The maximum absolute atomic E-state index is 13.4. The molecule has 1 fully saturated rings. The summed E-state index contributed by atoms with van der Waals surface area (Å²) in [4.78, 5) is 0. The minimum atomic E-state index is -0.242. The summed E-state index contributed by atoms with van der Waals surface area (Å²) < 4.78 is 13.4. The molecule has 2 rings (SSSR count). The van der Waals surface area contributed by atoms with E-state index in [1.54, 1.807) is 12.1 Å². The Morgan fingerprint density at radius 1 is 1.43 bits per heavy atom. The average molecular weight is 214 g/mol. The lowest BCUT2D eigenvalue weighted by atomic mass is 9.77. The van der Waals surface area contributed by atoms with Gasteiger partial charge in [-0.3, -0.25) is 0 Å². The van der Waals surface area contributed by atoms with Gasteiger partial charge < -0.3 is 5.73 Å². The maximum atomic E-state index is 13.4. The molecule has 1 aliphatic rings. The summed E-state index contributed by atoms with van der Waals surface area (Å²) in [6, 6.07) is 4.38. The van der Waals surface area contributed by atoms with Crippen molar-refractivity contribution in [3.05, 3.63) is 34.6 Å². The first-order valence-electron chi connectivity index (χ1n) is 4.89. The standard InChI is InChI=1S/C11H13ClFN/c12-8-4-5-10(13)9(6-8)11(14)7-2-1-3-7/h4-7,11H,1-3,14H2/t11-/m1/s1. The monoisotopic (exact) mass is 213 g/mol. The zero-order valence-electron chi connectivity index (χ0n) is 7.84. The zero-order chi connectivity index (χ0) is 10.1. The molecule has 0 unspecified atom stereocenters. The molecule has 1 aromatic carbocycles. The smallest absolute Gasteiger partial charge is 0.128 e. The SMILES string of the molecule is N[C@@H](c1cc(Cl)ccc1F)C1CCC1. The van der Waals surface area contributed by atoms with Crippen LogP contribution in [0.15, 0.2) is 18.2 Å². The number of hydrogen-bond donors (Lipinski definition) is 1. The highest BCUT2D eigenvalue weighted by molar-refractivity contribution is 6.30. The van der Waals surface area contributed by atoms with Crippen LogP contribution in [-0.2, 0) is 0 Å². The van der Waals surface area contributed by atoms with Crippen LogP contribution in [-0.4, -0.2) is 0 Å². The van der Waals surface area contributed by atoms with Gasteiger partial charge in [-0.2, -0.15) is 0 Å². The van der Waals surface area contributed by atoms with E-state index >= 15 is 0 Å². The number of rotatable bonds is 2. The molecule has 0 saturated heterocycles. The predicted molar refractivity (Wildman–Crippen MR) is 55.7 cm³/mol. The molecule has 0 aromatic heterocycles. The largest absolute Gasteiger partial charge is 0.324 e. The molecule has 1 aromatic rings. The molecule has 14 heavy (non-hydrogen) atoms. The van der Waals surface area contributed by atoms with E-state index in [9.17, 15) is 4.39 Å². The first-order chi connectivity index (χ1) is 6.68. The van der Waals surface area contributed by atoms with Crippen LogP contribution in [0.25, 0.3) is 0 Å². The van der Waals surface area contributed by atoms with Gasteiger partial charge in [0, 0.05) is 16.6 Å². The fourth-order valence-electron chi connectivity index (χ4n) is 1.82. The second-order valence-corrected chi connectivity index (χ2v) is 4.32. The third kappa shape index (κ3) is 1.77. The highest BCUT2D eigenvalue weighted by atomic mass is 35.5. The number of nitrogens with two attached hydrogens (primary N) is 1. The third-order valence-electron chi connectivity index (χ3n) is 2.97. The van der Waals surface area contributed by atoms with Crippen molar-refractivity contribution >= 4 is 11.6 Å². The van der Waals surface area contributed by atoms with Gasteiger partial charge in [-0.15, -0.1) is 0 Å². The van der Waals surface area contributed by atoms with Crippen molar-refractivity contribution in [1.29, 1.82) is 0 Å². The molecule has 0 spiro atoms. The van der Waals surface area contributed by atoms with Crippen LogP contribution >= 0.6 is 11.6 Å². The highest BCUT2D eigenvalue weighted by Gasteiger charge is 2.27. The molecule has 0 aliphatic heterocycles. The molecule has 1 nitrogen and oxygen atoms in total. The lowest BCUT2D eigenvalue weighted by molar-refractivity contribution is 0.260. The molecule has 76 valence electrons. The Morgan fingerprint density at radius 2 is 2.14 bits per heavy atom. The molecule has 3 heteroatoms. The quantitative estimate of drug-likeness (QED) is 0.802. The number of benzene rings is 1. The van der Waals surface area contributed by atoms with Gasteiger partial charge >= 0.3 is 0 Å². The molecule has 0 radical (unpaired) electrons. The van der Waals surface area contributed by atoms with Crippen molar-refractivity contribution in [3.8, 4) is 0 Å². The van der Waals surface area contributed by atoms with Crippen LogP contribution in [0, 0.1) is 11.7 Å². The Kier molecular flexibility index (Phi) is 2.75. The van der Waals surface area contributed by atoms with Crippen molar-refractivity contribution in [2.45, 2.75) is 25.3 Å². The van der Waals surface area contributed by atoms with Crippen molar-refractivity contribution in [3.63, 3.8) is 0 Å². The van der Waals surface area contributed by atoms with E-state index in [1.165, 1.54) is 12.5 Å².